The maximum Gasteiger partial charge on any atom is 0.231 e. The second-order valence-corrected chi connectivity index (χ2v) is 6.45. The van der Waals surface area contributed by atoms with Crippen LogP contribution in [-0.4, -0.2) is 49.6 Å². The predicted octanol–water partition coefficient (Wildman–Crippen LogP) is 1.80. The van der Waals surface area contributed by atoms with Crippen LogP contribution in [0.15, 0.2) is 18.2 Å². The van der Waals surface area contributed by atoms with E-state index in [1.807, 2.05) is 6.07 Å². The van der Waals surface area contributed by atoms with Gasteiger partial charge in [-0.3, -0.25) is 4.90 Å². The third-order valence-electron chi connectivity index (χ3n) is 4.38. The van der Waals surface area contributed by atoms with E-state index in [4.69, 9.17) is 9.47 Å². The number of nitrogens with zero attached hydrogens (tertiary/aromatic N) is 1. The zero-order chi connectivity index (χ0) is 14.9. The van der Waals surface area contributed by atoms with Gasteiger partial charge in [0.05, 0.1) is 0 Å². The lowest BCUT2D eigenvalue weighted by Crippen LogP contribution is -2.49. The van der Waals surface area contributed by atoms with Crippen LogP contribution in [0.25, 0.3) is 0 Å². The summed E-state index contributed by atoms with van der Waals surface area (Å²) >= 11 is 0. The molecular weight excluding hydrogens is 304 g/mol. The molecule has 2 aliphatic rings. The van der Waals surface area contributed by atoms with Gasteiger partial charge in [0, 0.05) is 44.2 Å². The van der Waals surface area contributed by atoms with E-state index in [1.165, 1.54) is 5.56 Å². The van der Waals surface area contributed by atoms with Gasteiger partial charge in [-0.1, -0.05) is 19.9 Å². The SMILES string of the molecule is CC(C)(CO)[C@@H](c1ccc2c(c1)OCO2)N1CCNCC1.Cl. The van der Waals surface area contributed by atoms with Crippen molar-refractivity contribution >= 4 is 12.4 Å². The lowest BCUT2D eigenvalue weighted by Gasteiger charge is -2.43. The lowest BCUT2D eigenvalue weighted by molar-refractivity contribution is 0.0304. The molecule has 0 unspecified atom stereocenters. The highest BCUT2D eigenvalue weighted by Crippen LogP contribution is 2.42. The Hall–Kier alpha value is -1.01. The second-order valence-electron chi connectivity index (χ2n) is 6.45. The molecular formula is C16H25ClN2O3. The van der Waals surface area contributed by atoms with Gasteiger partial charge in [0.25, 0.3) is 0 Å². The Morgan fingerprint density at radius 2 is 1.91 bits per heavy atom. The van der Waals surface area contributed by atoms with Crippen LogP contribution in [0, 0.1) is 5.41 Å². The molecule has 0 spiro atoms. The Kier molecular flexibility index (Phi) is 5.55. The fourth-order valence-electron chi connectivity index (χ4n) is 3.27. The molecule has 5 nitrogen and oxygen atoms in total. The van der Waals surface area contributed by atoms with Crippen molar-refractivity contribution in [2.75, 3.05) is 39.6 Å². The van der Waals surface area contributed by atoms with Crippen LogP contribution in [0.5, 0.6) is 11.5 Å². The molecule has 6 heteroatoms. The summed E-state index contributed by atoms with van der Waals surface area (Å²) in [6, 6.07) is 6.30. The molecule has 0 bridgehead atoms. The third kappa shape index (κ3) is 3.33. The van der Waals surface area contributed by atoms with Crippen LogP contribution in [0.4, 0.5) is 0 Å². The Morgan fingerprint density at radius 1 is 1.23 bits per heavy atom. The molecule has 3 rings (SSSR count). The van der Waals surface area contributed by atoms with E-state index in [1.54, 1.807) is 0 Å². The fraction of sp³-hybridized carbons (Fsp3) is 0.625. The number of rotatable bonds is 4. The highest BCUT2D eigenvalue weighted by atomic mass is 35.5. The largest absolute Gasteiger partial charge is 0.454 e. The molecule has 1 saturated heterocycles. The van der Waals surface area contributed by atoms with Crippen molar-refractivity contribution in [3.63, 3.8) is 0 Å². The van der Waals surface area contributed by atoms with Gasteiger partial charge >= 0.3 is 0 Å². The van der Waals surface area contributed by atoms with E-state index in [0.717, 1.165) is 37.7 Å². The van der Waals surface area contributed by atoms with Crippen LogP contribution >= 0.6 is 12.4 Å². The van der Waals surface area contributed by atoms with Crippen molar-refractivity contribution in [3.05, 3.63) is 23.8 Å². The minimum Gasteiger partial charge on any atom is -0.454 e. The van der Waals surface area contributed by atoms with Gasteiger partial charge in [-0.15, -0.1) is 12.4 Å². The zero-order valence-electron chi connectivity index (χ0n) is 13.2. The third-order valence-corrected chi connectivity index (χ3v) is 4.38. The molecule has 0 aliphatic carbocycles. The van der Waals surface area contributed by atoms with Crippen LogP contribution in [0.2, 0.25) is 0 Å². The zero-order valence-corrected chi connectivity index (χ0v) is 14.0. The number of benzene rings is 1. The van der Waals surface area contributed by atoms with Crippen molar-refractivity contribution < 1.29 is 14.6 Å². The summed E-state index contributed by atoms with van der Waals surface area (Å²) in [4.78, 5) is 2.45. The Balaban J connectivity index is 0.00000176. The molecule has 0 amide bonds. The van der Waals surface area contributed by atoms with Crippen LogP contribution in [0.1, 0.15) is 25.5 Å². The number of piperazine rings is 1. The van der Waals surface area contributed by atoms with Gasteiger partial charge in [0.2, 0.25) is 6.79 Å². The quantitative estimate of drug-likeness (QED) is 0.882. The van der Waals surface area contributed by atoms with Crippen molar-refractivity contribution in [2.45, 2.75) is 19.9 Å². The van der Waals surface area contributed by atoms with Crippen molar-refractivity contribution in [2.24, 2.45) is 5.41 Å². The molecule has 124 valence electrons. The van der Waals surface area contributed by atoms with Crippen LogP contribution < -0.4 is 14.8 Å². The summed E-state index contributed by atoms with van der Waals surface area (Å²) in [5.74, 6) is 1.61. The summed E-state index contributed by atoms with van der Waals surface area (Å²) in [6.45, 7) is 8.63. The van der Waals surface area contributed by atoms with E-state index in [2.05, 4.69) is 36.2 Å². The van der Waals surface area contributed by atoms with Gasteiger partial charge in [0.15, 0.2) is 11.5 Å². The number of ether oxygens (including phenoxy) is 2. The van der Waals surface area contributed by atoms with Gasteiger partial charge in [0.1, 0.15) is 0 Å². The minimum atomic E-state index is -0.217. The molecule has 1 atom stereocenters. The molecule has 0 aromatic heterocycles. The smallest absolute Gasteiger partial charge is 0.231 e. The second kappa shape index (κ2) is 7.04. The summed E-state index contributed by atoms with van der Waals surface area (Å²) in [6.07, 6.45) is 0. The summed E-state index contributed by atoms with van der Waals surface area (Å²) in [7, 11) is 0. The number of aliphatic hydroxyl groups excluding tert-OH is 1. The van der Waals surface area contributed by atoms with E-state index >= 15 is 0 Å². The van der Waals surface area contributed by atoms with E-state index < -0.39 is 0 Å². The van der Waals surface area contributed by atoms with E-state index in [-0.39, 0.29) is 30.5 Å². The minimum absolute atomic E-state index is 0. The van der Waals surface area contributed by atoms with Crippen molar-refractivity contribution in [3.8, 4) is 11.5 Å². The monoisotopic (exact) mass is 328 g/mol. The molecule has 1 aromatic carbocycles. The Morgan fingerprint density at radius 3 is 2.59 bits per heavy atom. The number of hydrogen-bond acceptors (Lipinski definition) is 5. The van der Waals surface area contributed by atoms with Crippen molar-refractivity contribution in [1.82, 2.24) is 10.2 Å². The van der Waals surface area contributed by atoms with Gasteiger partial charge < -0.3 is 19.9 Å². The number of nitrogens with one attached hydrogen (secondary N) is 1. The lowest BCUT2D eigenvalue weighted by atomic mass is 9.79. The Labute approximate surface area is 138 Å². The standard InChI is InChI=1S/C16H24N2O3.ClH/c1-16(2,10-19)15(18-7-5-17-6-8-18)12-3-4-13-14(9-12)21-11-20-13;/h3-4,9,15,17,19H,5-8,10-11H2,1-2H3;1H/t15-;/m1./s1. The molecule has 1 aromatic rings. The van der Waals surface area contributed by atoms with Gasteiger partial charge in [-0.25, -0.2) is 0 Å². The first-order valence-electron chi connectivity index (χ1n) is 7.57. The average Bonchev–Trinajstić information content (AvgIpc) is 2.96. The summed E-state index contributed by atoms with van der Waals surface area (Å²) in [5, 5.41) is 13.2. The number of aliphatic hydroxyl groups is 1. The first-order valence-corrected chi connectivity index (χ1v) is 7.57. The molecule has 0 saturated carbocycles. The first kappa shape index (κ1) is 17.3. The molecule has 2 N–H and O–H groups in total. The first-order chi connectivity index (χ1) is 10.1. The van der Waals surface area contributed by atoms with Gasteiger partial charge in [-0.2, -0.15) is 0 Å². The topological polar surface area (TPSA) is 54.0 Å². The molecule has 22 heavy (non-hydrogen) atoms. The average molecular weight is 329 g/mol. The molecule has 2 aliphatic heterocycles. The van der Waals surface area contributed by atoms with Crippen LogP contribution in [-0.2, 0) is 0 Å². The van der Waals surface area contributed by atoms with Gasteiger partial charge in [-0.05, 0) is 17.7 Å². The fourth-order valence-corrected chi connectivity index (χ4v) is 3.27. The maximum atomic E-state index is 9.85. The number of hydrogen-bond donors (Lipinski definition) is 2. The highest BCUT2D eigenvalue weighted by Gasteiger charge is 2.36. The van der Waals surface area contributed by atoms with E-state index in [0.29, 0.717) is 6.79 Å². The van der Waals surface area contributed by atoms with Crippen molar-refractivity contribution in [1.29, 1.82) is 0 Å². The molecule has 2 heterocycles. The van der Waals surface area contributed by atoms with Crippen LogP contribution in [0.3, 0.4) is 0 Å². The maximum absolute atomic E-state index is 9.85. The summed E-state index contributed by atoms with van der Waals surface area (Å²) in [5.41, 5.74) is 0.964. The predicted molar refractivity (Wildman–Crippen MR) is 87.9 cm³/mol. The van der Waals surface area contributed by atoms with E-state index in [9.17, 15) is 5.11 Å². The molecule has 0 radical (unpaired) electrons. The summed E-state index contributed by atoms with van der Waals surface area (Å²) < 4.78 is 10.9. The highest BCUT2D eigenvalue weighted by molar-refractivity contribution is 5.85. The normalized spacial score (nSPS) is 19.6. The number of halogens is 1. The Bertz CT molecular complexity index is 504. The molecule has 1 fully saturated rings. The number of fused-ring (bicyclic) bond motifs is 1.